The number of hydrogen-bond donors (Lipinski definition) is 0. The number of rotatable bonds is 7. The molecule has 0 atom stereocenters. The Balaban J connectivity index is 0.00000189. The Morgan fingerprint density at radius 2 is 1.27 bits per heavy atom. The van der Waals surface area contributed by atoms with E-state index in [1.807, 2.05) is 39.8 Å². The summed E-state index contributed by atoms with van der Waals surface area (Å²) in [6.45, 7) is 24.4. The van der Waals surface area contributed by atoms with Crippen molar-refractivity contribution in [3.8, 4) is 0 Å². The van der Waals surface area contributed by atoms with E-state index in [0.29, 0.717) is 0 Å². The lowest BCUT2D eigenvalue weighted by molar-refractivity contribution is 0.00578. The van der Waals surface area contributed by atoms with E-state index in [1.165, 1.54) is 10.8 Å². The van der Waals surface area contributed by atoms with Crippen molar-refractivity contribution in [1.29, 1.82) is 0 Å². The Bertz CT molecular complexity index is 1710. The summed E-state index contributed by atoms with van der Waals surface area (Å²) >= 11 is 0. The van der Waals surface area contributed by atoms with Gasteiger partial charge in [-0.15, -0.1) is 0 Å². The largest absolute Gasteiger partial charge is 0.494 e. The predicted molar refractivity (Wildman–Crippen MR) is 181 cm³/mol. The van der Waals surface area contributed by atoms with E-state index in [1.54, 1.807) is 0 Å². The van der Waals surface area contributed by atoms with E-state index in [9.17, 15) is 0 Å². The third-order valence-corrected chi connectivity index (χ3v) is 7.89. The van der Waals surface area contributed by atoms with Crippen molar-refractivity contribution in [3.63, 3.8) is 0 Å². The van der Waals surface area contributed by atoms with E-state index in [4.69, 9.17) is 9.31 Å². The van der Waals surface area contributed by atoms with Gasteiger partial charge in [0.2, 0.25) is 0 Å². The summed E-state index contributed by atoms with van der Waals surface area (Å²) in [5.74, 6) is 0. The van der Waals surface area contributed by atoms with Crippen molar-refractivity contribution >= 4 is 56.8 Å². The van der Waals surface area contributed by atoms with E-state index >= 15 is 0 Å². The fraction of sp³-hybridized carbons (Fsp3) is 0.278. The Labute approximate surface area is 245 Å². The first-order chi connectivity index (χ1) is 19.7. The van der Waals surface area contributed by atoms with Crippen LogP contribution in [0.1, 0.15) is 55.4 Å². The molecule has 0 bridgehead atoms. The van der Waals surface area contributed by atoms with Gasteiger partial charge in [-0.1, -0.05) is 81.6 Å². The highest BCUT2D eigenvalue weighted by Crippen LogP contribution is 2.42. The molecule has 0 unspecified atom stereocenters. The number of allylic oxidation sites excluding steroid dienone is 10. The number of hydrogen-bond acceptors (Lipinski definition) is 2. The number of fused-ring (bicyclic) bond motifs is 5. The summed E-state index contributed by atoms with van der Waals surface area (Å²) in [7, 11) is -0.441. The minimum Gasteiger partial charge on any atom is -0.399 e. The third-order valence-electron chi connectivity index (χ3n) is 7.89. The minimum atomic E-state index is -0.441. The van der Waals surface area contributed by atoms with Crippen molar-refractivity contribution in [1.82, 2.24) is 9.13 Å². The topological polar surface area (TPSA) is 28.3 Å². The molecule has 0 radical (unpaired) electrons. The second-order valence-electron chi connectivity index (χ2n) is 10.9. The summed E-state index contributed by atoms with van der Waals surface area (Å²) in [4.78, 5) is 0. The Hall–Kier alpha value is -3.80. The smallest absolute Gasteiger partial charge is 0.399 e. The zero-order valence-electron chi connectivity index (χ0n) is 25.9. The molecule has 3 heterocycles. The van der Waals surface area contributed by atoms with Crippen LogP contribution in [-0.4, -0.2) is 27.5 Å². The van der Waals surface area contributed by atoms with Gasteiger partial charge in [-0.3, -0.25) is 9.13 Å². The molecule has 4 aromatic rings. The van der Waals surface area contributed by atoms with E-state index < -0.39 is 18.3 Å². The fourth-order valence-corrected chi connectivity index (χ4v) is 5.41. The van der Waals surface area contributed by atoms with E-state index in [2.05, 4.69) is 129 Å². The zero-order valence-corrected chi connectivity index (χ0v) is 25.9. The molecule has 1 aliphatic heterocycles. The Morgan fingerprint density at radius 1 is 0.756 bits per heavy atom. The van der Waals surface area contributed by atoms with Gasteiger partial charge in [-0.05, 0) is 83.4 Å². The molecule has 1 fully saturated rings. The van der Waals surface area contributed by atoms with Gasteiger partial charge in [-0.2, -0.15) is 0 Å². The summed E-state index contributed by atoms with van der Waals surface area (Å²) in [5, 5.41) is 3.50. The van der Waals surface area contributed by atoms with Crippen LogP contribution >= 0.6 is 0 Å². The molecule has 4 nitrogen and oxygen atoms in total. The molecule has 1 saturated heterocycles. The lowest BCUT2D eigenvalue weighted by Crippen LogP contribution is -2.41. The van der Waals surface area contributed by atoms with Gasteiger partial charge in [0, 0.05) is 27.6 Å². The van der Waals surface area contributed by atoms with Gasteiger partial charge in [-0.25, -0.2) is 0 Å². The highest BCUT2D eigenvalue weighted by molar-refractivity contribution is 6.62. The molecule has 0 spiro atoms. The average Bonchev–Trinajstić information content (AvgIpc) is 3.53. The molecule has 41 heavy (non-hydrogen) atoms. The molecular formula is C36H43BN2O2. The van der Waals surface area contributed by atoms with Gasteiger partial charge in [0.25, 0.3) is 0 Å². The first kappa shape index (κ1) is 30.2. The maximum absolute atomic E-state index is 6.44. The maximum atomic E-state index is 6.44. The molecule has 212 valence electrons. The van der Waals surface area contributed by atoms with Gasteiger partial charge in [0.15, 0.2) is 0 Å². The van der Waals surface area contributed by atoms with Crippen molar-refractivity contribution < 1.29 is 9.31 Å². The highest BCUT2D eigenvalue weighted by Gasteiger charge is 2.51. The van der Waals surface area contributed by atoms with Crippen LogP contribution in [0.2, 0.25) is 0 Å². The lowest BCUT2D eigenvalue weighted by Gasteiger charge is -2.32. The first-order valence-corrected chi connectivity index (χ1v) is 14.5. The van der Waals surface area contributed by atoms with Gasteiger partial charge in [0.1, 0.15) is 5.65 Å². The molecule has 0 saturated carbocycles. The number of para-hydroxylation sites is 1. The summed E-state index contributed by atoms with van der Waals surface area (Å²) < 4.78 is 17.5. The second kappa shape index (κ2) is 12.0. The molecule has 0 N–H and O–H groups in total. The standard InChI is InChI=1S/C34H37BN2O2.C2H6/c1-9-15-25(16-10-2)36-29-20-14-13-19-27(29)31-28-23-24(35-38-33(5,6)34(7,8)39-35)21-22-30(28)37(32(31)36)26(17-11-3)18-12-4;1-2/h9-23H,1,3H2,2,4-8H3;1-2H3/b16-10-,18-12-,25-15+,26-17+;. The molecule has 5 rings (SSSR count). The van der Waals surface area contributed by atoms with Gasteiger partial charge in [0.05, 0.1) is 22.2 Å². The van der Waals surface area contributed by atoms with Crippen molar-refractivity contribution in [2.75, 3.05) is 0 Å². The van der Waals surface area contributed by atoms with Crippen LogP contribution in [0.4, 0.5) is 0 Å². The third kappa shape index (κ3) is 5.09. The second-order valence-corrected chi connectivity index (χ2v) is 10.9. The monoisotopic (exact) mass is 546 g/mol. The number of nitrogens with zero attached hydrogens (tertiary/aromatic N) is 2. The summed E-state index contributed by atoms with van der Waals surface area (Å²) in [6.07, 6.45) is 16.1. The molecule has 2 aromatic heterocycles. The summed E-state index contributed by atoms with van der Waals surface area (Å²) in [5.41, 5.74) is 5.56. The normalized spacial score (nSPS) is 17.2. The molecular weight excluding hydrogens is 503 g/mol. The quantitative estimate of drug-likeness (QED) is 0.171. The molecule has 0 aliphatic carbocycles. The van der Waals surface area contributed by atoms with Crippen molar-refractivity contribution in [2.24, 2.45) is 0 Å². The lowest BCUT2D eigenvalue weighted by atomic mass is 9.78. The van der Waals surface area contributed by atoms with Crippen LogP contribution in [0.15, 0.2) is 104 Å². The van der Waals surface area contributed by atoms with E-state index in [0.717, 1.165) is 38.9 Å². The van der Waals surface area contributed by atoms with Crippen LogP contribution in [-0.2, 0) is 9.31 Å². The number of benzene rings is 2. The molecule has 1 aliphatic rings. The van der Waals surface area contributed by atoms with Crippen molar-refractivity contribution in [2.45, 2.75) is 66.6 Å². The van der Waals surface area contributed by atoms with Gasteiger partial charge >= 0.3 is 7.12 Å². The SMILES string of the molecule is C=C/C=C(\C=C/C)n1c2ccccc2c2c3cc(B4OC(C)(C)C(C)(C)O4)ccc3n(C(/C=C\C)=C/C=C)c21.CC. The Morgan fingerprint density at radius 3 is 1.78 bits per heavy atom. The molecule has 5 heteroatoms. The molecule has 0 amide bonds. The minimum absolute atomic E-state index is 0.410. The van der Waals surface area contributed by atoms with Crippen molar-refractivity contribution in [3.05, 3.63) is 104 Å². The highest BCUT2D eigenvalue weighted by atomic mass is 16.7. The Kier molecular flexibility index (Phi) is 8.81. The zero-order chi connectivity index (χ0) is 29.9. The predicted octanol–water partition coefficient (Wildman–Crippen LogP) is 9.28. The average molecular weight is 547 g/mol. The number of aromatic nitrogens is 2. The maximum Gasteiger partial charge on any atom is 0.494 e. The fourth-order valence-electron chi connectivity index (χ4n) is 5.41. The van der Waals surface area contributed by atoms with Gasteiger partial charge < -0.3 is 9.31 Å². The van der Waals surface area contributed by atoms with Crippen LogP contribution in [0, 0.1) is 0 Å². The first-order valence-electron chi connectivity index (χ1n) is 14.5. The van der Waals surface area contributed by atoms with Crippen LogP contribution in [0.5, 0.6) is 0 Å². The summed E-state index contributed by atoms with van der Waals surface area (Å²) in [6, 6.07) is 15.1. The van der Waals surface area contributed by atoms with Crippen LogP contribution < -0.4 is 5.46 Å². The van der Waals surface area contributed by atoms with Crippen LogP contribution in [0.3, 0.4) is 0 Å². The van der Waals surface area contributed by atoms with Crippen LogP contribution in [0.25, 0.3) is 44.2 Å². The molecule has 2 aromatic carbocycles. The van der Waals surface area contributed by atoms with E-state index in [-0.39, 0.29) is 0 Å².